The fourth-order valence-corrected chi connectivity index (χ4v) is 3.23. The molecule has 0 radical (unpaired) electrons. The second-order valence-electron chi connectivity index (χ2n) is 6.04. The summed E-state index contributed by atoms with van der Waals surface area (Å²) >= 11 is 0. The molecule has 1 aromatic rings. The molecule has 0 bridgehead atoms. The Kier molecular flexibility index (Phi) is 4.69. The molecular weight excluding hydrogens is 294 g/mol. The predicted molar refractivity (Wildman–Crippen MR) is 89.0 cm³/mol. The van der Waals surface area contributed by atoms with Crippen molar-refractivity contribution < 1.29 is 14.3 Å². The molecule has 124 valence electrons. The quantitative estimate of drug-likeness (QED) is 0.900. The lowest BCUT2D eigenvalue weighted by atomic mass is 9.96. The molecule has 0 spiro atoms. The van der Waals surface area contributed by atoms with Gasteiger partial charge < -0.3 is 20.3 Å². The van der Waals surface area contributed by atoms with Crippen LogP contribution >= 0.6 is 0 Å². The fourth-order valence-electron chi connectivity index (χ4n) is 3.23. The van der Waals surface area contributed by atoms with E-state index < -0.39 is 0 Å². The molecule has 6 nitrogen and oxygen atoms in total. The first-order valence-electron chi connectivity index (χ1n) is 8.32. The summed E-state index contributed by atoms with van der Waals surface area (Å²) < 4.78 is 5.43. The lowest BCUT2D eigenvalue weighted by molar-refractivity contribution is -0.121. The van der Waals surface area contributed by atoms with E-state index in [1.807, 2.05) is 6.92 Å². The van der Waals surface area contributed by atoms with Gasteiger partial charge in [0.15, 0.2) is 6.61 Å². The van der Waals surface area contributed by atoms with E-state index in [0.717, 1.165) is 12.8 Å². The highest BCUT2D eigenvalue weighted by Gasteiger charge is 2.24. The zero-order valence-corrected chi connectivity index (χ0v) is 13.4. The third kappa shape index (κ3) is 3.57. The summed E-state index contributed by atoms with van der Waals surface area (Å²) in [5.41, 5.74) is 1.37. The van der Waals surface area contributed by atoms with Crippen LogP contribution in [0.4, 0.5) is 16.2 Å². The average molecular weight is 317 g/mol. The number of rotatable bonds is 3. The number of amides is 3. The molecule has 6 heteroatoms. The highest BCUT2D eigenvalue weighted by molar-refractivity contribution is 5.99. The Labute approximate surface area is 136 Å². The summed E-state index contributed by atoms with van der Waals surface area (Å²) in [6, 6.07) is 5.45. The summed E-state index contributed by atoms with van der Waals surface area (Å²) in [6.07, 6.45) is 5.70. The molecule has 2 aliphatic rings. The zero-order valence-electron chi connectivity index (χ0n) is 13.4. The number of nitrogens with one attached hydrogen (secondary N) is 2. The molecule has 1 saturated carbocycles. The van der Waals surface area contributed by atoms with Crippen molar-refractivity contribution in [1.82, 2.24) is 5.32 Å². The van der Waals surface area contributed by atoms with Crippen molar-refractivity contribution in [3.63, 3.8) is 0 Å². The standard InChI is InChI=1S/C17H23N3O3/c1-2-20-14-10-13(8-9-15(14)23-11-16(20)21)19-17(22)18-12-6-4-3-5-7-12/h8-10,12H,2-7,11H2,1H3,(H2,18,19,22). The number of likely N-dealkylation sites (N-methyl/N-ethyl adjacent to an activating group) is 1. The molecule has 23 heavy (non-hydrogen) atoms. The average Bonchev–Trinajstić information content (AvgIpc) is 2.55. The Bertz CT molecular complexity index is 597. The number of hydrogen-bond acceptors (Lipinski definition) is 3. The Morgan fingerprint density at radius 2 is 2.09 bits per heavy atom. The summed E-state index contributed by atoms with van der Waals surface area (Å²) in [7, 11) is 0. The molecule has 2 N–H and O–H groups in total. The molecule has 3 rings (SSSR count). The first kappa shape index (κ1) is 15.6. The van der Waals surface area contributed by atoms with Gasteiger partial charge in [0.05, 0.1) is 5.69 Å². The number of anilines is 2. The van der Waals surface area contributed by atoms with Crippen molar-refractivity contribution in [2.45, 2.75) is 45.1 Å². The first-order valence-corrected chi connectivity index (χ1v) is 8.32. The number of hydrogen-bond donors (Lipinski definition) is 2. The van der Waals surface area contributed by atoms with E-state index in [1.54, 1.807) is 23.1 Å². The minimum absolute atomic E-state index is 0.0653. The summed E-state index contributed by atoms with van der Waals surface area (Å²) in [4.78, 5) is 25.7. The van der Waals surface area contributed by atoms with Gasteiger partial charge in [-0.05, 0) is 38.0 Å². The van der Waals surface area contributed by atoms with Gasteiger partial charge in [0.1, 0.15) is 5.75 Å². The molecule has 0 aromatic heterocycles. The van der Waals surface area contributed by atoms with E-state index in [1.165, 1.54) is 19.3 Å². The van der Waals surface area contributed by atoms with Crippen molar-refractivity contribution in [2.24, 2.45) is 0 Å². The van der Waals surface area contributed by atoms with Crippen LogP contribution < -0.4 is 20.3 Å². The Balaban J connectivity index is 1.67. The molecular formula is C17H23N3O3. The van der Waals surface area contributed by atoms with Crippen LogP contribution in [0.1, 0.15) is 39.0 Å². The summed E-state index contributed by atoms with van der Waals surface area (Å²) in [5, 5.41) is 5.87. The Hall–Kier alpha value is -2.24. The molecule has 3 amide bonds. The van der Waals surface area contributed by atoms with Crippen LogP contribution in [0.2, 0.25) is 0 Å². The number of carbonyl (C=O) groups is 2. The molecule has 1 aliphatic heterocycles. The molecule has 1 heterocycles. The summed E-state index contributed by atoms with van der Waals surface area (Å²) in [5.74, 6) is 0.605. The Morgan fingerprint density at radius 3 is 2.83 bits per heavy atom. The van der Waals surface area contributed by atoms with Crippen LogP contribution in [0.25, 0.3) is 0 Å². The Morgan fingerprint density at radius 1 is 1.30 bits per heavy atom. The van der Waals surface area contributed by atoms with E-state index in [9.17, 15) is 9.59 Å². The highest BCUT2D eigenvalue weighted by Crippen LogP contribution is 2.34. The molecule has 0 atom stereocenters. The number of fused-ring (bicyclic) bond motifs is 1. The highest BCUT2D eigenvalue weighted by atomic mass is 16.5. The second kappa shape index (κ2) is 6.89. The number of ether oxygens (including phenoxy) is 1. The SMILES string of the molecule is CCN1C(=O)COc2ccc(NC(=O)NC3CCCCC3)cc21. The first-order chi connectivity index (χ1) is 11.2. The van der Waals surface area contributed by atoms with Gasteiger partial charge in [0.25, 0.3) is 5.91 Å². The molecule has 1 aromatic carbocycles. The zero-order chi connectivity index (χ0) is 16.2. The van der Waals surface area contributed by atoms with Crippen LogP contribution in [-0.2, 0) is 4.79 Å². The van der Waals surface area contributed by atoms with Gasteiger partial charge in [0, 0.05) is 18.3 Å². The largest absolute Gasteiger partial charge is 0.482 e. The summed E-state index contributed by atoms with van der Waals surface area (Å²) in [6.45, 7) is 2.56. The number of urea groups is 1. The van der Waals surface area contributed by atoms with Crippen LogP contribution in [0.15, 0.2) is 18.2 Å². The van der Waals surface area contributed by atoms with E-state index in [0.29, 0.717) is 23.7 Å². The van der Waals surface area contributed by atoms with Gasteiger partial charge in [-0.2, -0.15) is 0 Å². The van der Waals surface area contributed by atoms with Crippen molar-refractivity contribution in [1.29, 1.82) is 0 Å². The van der Waals surface area contributed by atoms with Crippen molar-refractivity contribution in [3.05, 3.63) is 18.2 Å². The lowest BCUT2D eigenvalue weighted by Gasteiger charge is -2.29. The topological polar surface area (TPSA) is 70.7 Å². The van der Waals surface area contributed by atoms with Gasteiger partial charge in [-0.15, -0.1) is 0 Å². The van der Waals surface area contributed by atoms with E-state index in [4.69, 9.17) is 4.74 Å². The van der Waals surface area contributed by atoms with E-state index in [2.05, 4.69) is 10.6 Å². The van der Waals surface area contributed by atoms with E-state index >= 15 is 0 Å². The van der Waals surface area contributed by atoms with Gasteiger partial charge >= 0.3 is 6.03 Å². The van der Waals surface area contributed by atoms with Gasteiger partial charge in [-0.25, -0.2) is 4.79 Å². The number of benzene rings is 1. The van der Waals surface area contributed by atoms with Crippen LogP contribution in [0, 0.1) is 0 Å². The van der Waals surface area contributed by atoms with Gasteiger partial charge in [0.2, 0.25) is 0 Å². The third-order valence-corrected chi connectivity index (χ3v) is 4.42. The van der Waals surface area contributed by atoms with Gasteiger partial charge in [-0.1, -0.05) is 19.3 Å². The van der Waals surface area contributed by atoms with Crippen molar-refractivity contribution in [3.8, 4) is 5.75 Å². The molecule has 1 aliphatic carbocycles. The van der Waals surface area contributed by atoms with Gasteiger partial charge in [-0.3, -0.25) is 4.79 Å². The maximum atomic E-state index is 12.1. The van der Waals surface area contributed by atoms with Crippen LogP contribution in [0.3, 0.4) is 0 Å². The molecule has 0 saturated heterocycles. The fraction of sp³-hybridized carbons (Fsp3) is 0.529. The van der Waals surface area contributed by atoms with Crippen LogP contribution in [-0.4, -0.2) is 31.1 Å². The van der Waals surface area contributed by atoms with E-state index in [-0.39, 0.29) is 24.6 Å². The van der Waals surface area contributed by atoms with Crippen LogP contribution in [0.5, 0.6) is 5.75 Å². The van der Waals surface area contributed by atoms with Crippen molar-refractivity contribution in [2.75, 3.05) is 23.4 Å². The number of carbonyl (C=O) groups excluding carboxylic acids is 2. The maximum Gasteiger partial charge on any atom is 0.319 e. The second-order valence-corrected chi connectivity index (χ2v) is 6.04. The minimum Gasteiger partial charge on any atom is -0.482 e. The smallest absolute Gasteiger partial charge is 0.319 e. The predicted octanol–water partition coefficient (Wildman–Crippen LogP) is 2.89. The molecule has 0 unspecified atom stereocenters. The maximum absolute atomic E-state index is 12.1. The monoisotopic (exact) mass is 317 g/mol. The third-order valence-electron chi connectivity index (χ3n) is 4.42. The molecule has 1 fully saturated rings. The minimum atomic E-state index is -0.192. The van der Waals surface area contributed by atoms with Crippen molar-refractivity contribution >= 4 is 23.3 Å². The lowest BCUT2D eigenvalue weighted by Crippen LogP contribution is -2.39. The normalized spacial score (nSPS) is 18.1. The number of nitrogens with zero attached hydrogens (tertiary/aromatic N) is 1.